The number of hydrogen-bond donors (Lipinski definition) is 1. The highest BCUT2D eigenvalue weighted by Crippen LogP contribution is 2.17. The number of carbonyl (C=O) groups is 1. The molecule has 1 heterocycles. The fraction of sp³-hybridized carbons (Fsp3) is 0.167. The number of nitrogens with one attached hydrogen (secondary N) is 1. The second-order valence-corrected chi connectivity index (χ2v) is 5.44. The molecule has 2 aromatic carbocycles. The van der Waals surface area contributed by atoms with Gasteiger partial charge in [-0.3, -0.25) is 4.79 Å². The SMILES string of the molecule is COc1ccc(C(=O)NCc2ccc(Cn3cncn3)cc2)cc1F. The van der Waals surface area contributed by atoms with Gasteiger partial charge in [-0.2, -0.15) is 5.10 Å². The van der Waals surface area contributed by atoms with Crippen molar-refractivity contribution in [1.82, 2.24) is 20.1 Å². The smallest absolute Gasteiger partial charge is 0.251 e. The van der Waals surface area contributed by atoms with Gasteiger partial charge >= 0.3 is 0 Å². The highest BCUT2D eigenvalue weighted by Gasteiger charge is 2.10. The van der Waals surface area contributed by atoms with Crippen LogP contribution in [-0.2, 0) is 13.1 Å². The molecular weight excluding hydrogens is 323 g/mol. The summed E-state index contributed by atoms with van der Waals surface area (Å²) in [7, 11) is 1.38. The second kappa shape index (κ2) is 7.57. The van der Waals surface area contributed by atoms with Gasteiger partial charge in [0.25, 0.3) is 5.91 Å². The molecule has 6 nitrogen and oxygen atoms in total. The van der Waals surface area contributed by atoms with E-state index in [9.17, 15) is 9.18 Å². The van der Waals surface area contributed by atoms with Crippen molar-refractivity contribution in [3.63, 3.8) is 0 Å². The topological polar surface area (TPSA) is 69.0 Å². The summed E-state index contributed by atoms with van der Waals surface area (Å²) in [5.41, 5.74) is 2.28. The first-order valence-electron chi connectivity index (χ1n) is 7.67. The van der Waals surface area contributed by atoms with Crippen molar-refractivity contribution in [2.24, 2.45) is 0 Å². The molecule has 0 atom stereocenters. The highest BCUT2D eigenvalue weighted by atomic mass is 19.1. The Morgan fingerprint density at radius 1 is 1.20 bits per heavy atom. The quantitative estimate of drug-likeness (QED) is 0.748. The van der Waals surface area contributed by atoms with Crippen LogP contribution in [0.2, 0.25) is 0 Å². The standard InChI is InChI=1S/C18H17FN4O2/c1-25-17-7-6-15(8-16(17)19)18(24)21-9-13-2-4-14(5-3-13)10-23-12-20-11-22-23/h2-8,11-12H,9-10H2,1H3,(H,21,24). The molecule has 3 aromatic rings. The Kier molecular flexibility index (Phi) is 5.03. The van der Waals surface area contributed by atoms with Crippen LogP contribution < -0.4 is 10.1 Å². The van der Waals surface area contributed by atoms with Crippen LogP contribution in [-0.4, -0.2) is 27.8 Å². The molecule has 0 radical (unpaired) electrons. The number of methoxy groups -OCH3 is 1. The average Bonchev–Trinajstić information content (AvgIpc) is 3.14. The third kappa shape index (κ3) is 4.20. The van der Waals surface area contributed by atoms with E-state index < -0.39 is 5.82 Å². The zero-order valence-corrected chi connectivity index (χ0v) is 13.6. The zero-order chi connectivity index (χ0) is 17.6. The largest absolute Gasteiger partial charge is 0.494 e. The molecule has 1 aromatic heterocycles. The lowest BCUT2D eigenvalue weighted by Gasteiger charge is -2.08. The van der Waals surface area contributed by atoms with Crippen molar-refractivity contribution in [2.75, 3.05) is 7.11 Å². The van der Waals surface area contributed by atoms with Gasteiger partial charge in [0.15, 0.2) is 11.6 Å². The Morgan fingerprint density at radius 3 is 2.60 bits per heavy atom. The fourth-order valence-corrected chi connectivity index (χ4v) is 2.36. The van der Waals surface area contributed by atoms with Crippen LogP contribution in [0.25, 0.3) is 0 Å². The normalized spacial score (nSPS) is 10.5. The molecular formula is C18H17FN4O2. The summed E-state index contributed by atoms with van der Waals surface area (Å²) in [5.74, 6) is -0.791. The Balaban J connectivity index is 1.57. The maximum atomic E-state index is 13.7. The van der Waals surface area contributed by atoms with Crippen LogP contribution in [0.15, 0.2) is 55.1 Å². The molecule has 0 fully saturated rings. The number of hydrogen-bond acceptors (Lipinski definition) is 4. The Hall–Kier alpha value is -3.22. The maximum absolute atomic E-state index is 13.7. The monoisotopic (exact) mass is 340 g/mol. The zero-order valence-electron chi connectivity index (χ0n) is 13.6. The lowest BCUT2D eigenvalue weighted by Crippen LogP contribution is -2.22. The van der Waals surface area contributed by atoms with E-state index in [2.05, 4.69) is 15.4 Å². The van der Waals surface area contributed by atoms with Crippen LogP contribution >= 0.6 is 0 Å². The summed E-state index contributed by atoms with van der Waals surface area (Å²) in [6, 6.07) is 11.9. The lowest BCUT2D eigenvalue weighted by molar-refractivity contribution is 0.0950. The number of ether oxygens (including phenoxy) is 1. The first kappa shape index (κ1) is 16.6. The average molecular weight is 340 g/mol. The summed E-state index contributed by atoms with van der Waals surface area (Å²) >= 11 is 0. The van der Waals surface area contributed by atoms with Crippen LogP contribution in [0.3, 0.4) is 0 Å². The number of benzene rings is 2. The van der Waals surface area contributed by atoms with Crippen molar-refractivity contribution in [3.05, 3.63) is 77.6 Å². The van der Waals surface area contributed by atoms with Gasteiger partial charge < -0.3 is 10.1 Å². The summed E-state index contributed by atoms with van der Waals surface area (Å²) in [4.78, 5) is 16.0. The van der Waals surface area contributed by atoms with E-state index in [0.717, 1.165) is 17.2 Å². The summed E-state index contributed by atoms with van der Waals surface area (Å²) in [6.45, 7) is 0.994. The first-order valence-corrected chi connectivity index (χ1v) is 7.67. The number of carbonyl (C=O) groups excluding carboxylic acids is 1. The van der Waals surface area contributed by atoms with Crippen LogP contribution in [0.1, 0.15) is 21.5 Å². The third-order valence-electron chi connectivity index (χ3n) is 3.70. The Labute approximate surface area is 144 Å². The van der Waals surface area contributed by atoms with Crippen molar-refractivity contribution in [3.8, 4) is 5.75 Å². The van der Waals surface area contributed by atoms with Crippen LogP contribution in [0.5, 0.6) is 5.75 Å². The van der Waals surface area contributed by atoms with Gasteiger partial charge in [-0.15, -0.1) is 0 Å². The number of halogens is 1. The third-order valence-corrected chi connectivity index (χ3v) is 3.70. The molecule has 0 aliphatic rings. The van der Waals surface area contributed by atoms with E-state index in [1.807, 2.05) is 24.3 Å². The van der Waals surface area contributed by atoms with E-state index in [1.54, 1.807) is 11.0 Å². The van der Waals surface area contributed by atoms with Gasteiger partial charge in [-0.05, 0) is 29.3 Å². The molecule has 0 saturated heterocycles. The molecule has 0 aliphatic carbocycles. The summed E-state index contributed by atoms with van der Waals surface area (Å²) < 4.78 is 20.2. The van der Waals surface area contributed by atoms with E-state index >= 15 is 0 Å². The van der Waals surface area contributed by atoms with Crippen molar-refractivity contribution < 1.29 is 13.9 Å². The highest BCUT2D eigenvalue weighted by molar-refractivity contribution is 5.94. The molecule has 1 N–H and O–H groups in total. The van der Waals surface area contributed by atoms with Crippen LogP contribution in [0.4, 0.5) is 4.39 Å². The fourth-order valence-electron chi connectivity index (χ4n) is 2.36. The van der Waals surface area contributed by atoms with E-state index in [-0.39, 0.29) is 17.2 Å². The lowest BCUT2D eigenvalue weighted by atomic mass is 10.1. The molecule has 25 heavy (non-hydrogen) atoms. The maximum Gasteiger partial charge on any atom is 0.251 e. The Morgan fingerprint density at radius 2 is 1.96 bits per heavy atom. The minimum absolute atomic E-state index is 0.111. The first-order chi connectivity index (χ1) is 12.2. The van der Waals surface area contributed by atoms with Gasteiger partial charge in [0.1, 0.15) is 12.7 Å². The van der Waals surface area contributed by atoms with Crippen molar-refractivity contribution in [2.45, 2.75) is 13.1 Å². The number of rotatable bonds is 6. The van der Waals surface area contributed by atoms with Crippen molar-refractivity contribution in [1.29, 1.82) is 0 Å². The molecule has 1 amide bonds. The minimum atomic E-state index is -0.562. The molecule has 0 spiro atoms. The molecule has 0 unspecified atom stereocenters. The molecule has 0 aliphatic heterocycles. The van der Waals surface area contributed by atoms with Gasteiger partial charge in [-0.1, -0.05) is 24.3 Å². The van der Waals surface area contributed by atoms with Gasteiger partial charge in [-0.25, -0.2) is 14.1 Å². The van der Waals surface area contributed by atoms with E-state index in [4.69, 9.17) is 4.74 Å². The molecule has 128 valence electrons. The number of aromatic nitrogens is 3. The van der Waals surface area contributed by atoms with E-state index in [0.29, 0.717) is 13.1 Å². The molecule has 0 saturated carbocycles. The minimum Gasteiger partial charge on any atom is -0.494 e. The Bertz CT molecular complexity index is 848. The molecule has 3 rings (SSSR count). The van der Waals surface area contributed by atoms with Crippen LogP contribution in [0, 0.1) is 5.82 Å². The number of nitrogens with zero attached hydrogens (tertiary/aromatic N) is 3. The van der Waals surface area contributed by atoms with Gasteiger partial charge in [0.2, 0.25) is 0 Å². The van der Waals surface area contributed by atoms with E-state index in [1.165, 1.54) is 25.6 Å². The van der Waals surface area contributed by atoms with Crippen molar-refractivity contribution >= 4 is 5.91 Å². The summed E-state index contributed by atoms with van der Waals surface area (Å²) in [5, 5.41) is 6.83. The molecule has 7 heteroatoms. The second-order valence-electron chi connectivity index (χ2n) is 5.44. The molecule has 0 bridgehead atoms. The van der Waals surface area contributed by atoms with Gasteiger partial charge in [0, 0.05) is 12.1 Å². The number of amides is 1. The van der Waals surface area contributed by atoms with Gasteiger partial charge in [0.05, 0.1) is 13.7 Å². The summed E-state index contributed by atoms with van der Waals surface area (Å²) in [6.07, 6.45) is 3.15. The predicted molar refractivity (Wildman–Crippen MR) is 89.7 cm³/mol. The predicted octanol–water partition coefficient (Wildman–Crippen LogP) is 2.40.